The lowest BCUT2D eigenvalue weighted by Crippen LogP contribution is -2.16. The minimum atomic E-state index is -0.416. The van der Waals surface area contributed by atoms with Crippen molar-refractivity contribution in [3.63, 3.8) is 0 Å². The summed E-state index contributed by atoms with van der Waals surface area (Å²) in [5, 5.41) is 2.15. The summed E-state index contributed by atoms with van der Waals surface area (Å²) < 4.78 is 4.64. The van der Waals surface area contributed by atoms with Crippen LogP contribution in [0.2, 0.25) is 0 Å². The average molecular weight is 270 g/mol. The molecule has 0 aromatic heterocycles. The van der Waals surface area contributed by atoms with Crippen molar-refractivity contribution in [1.82, 2.24) is 0 Å². The molecule has 2 aromatic rings. The van der Waals surface area contributed by atoms with Crippen LogP contribution in [0.25, 0.3) is 10.8 Å². The van der Waals surface area contributed by atoms with Gasteiger partial charge in [-0.2, -0.15) is 0 Å². The molecular weight excluding hydrogens is 252 g/mol. The van der Waals surface area contributed by atoms with Crippen LogP contribution in [0.4, 0.5) is 0 Å². The fraction of sp³-hybridized carbons (Fsp3) is 0.294. The number of rotatable bonds is 4. The van der Waals surface area contributed by atoms with E-state index in [0.29, 0.717) is 5.56 Å². The van der Waals surface area contributed by atoms with Crippen LogP contribution in [0.15, 0.2) is 36.4 Å². The summed E-state index contributed by atoms with van der Waals surface area (Å²) in [5.74, 6) is -0.804. The molecule has 0 aliphatic heterocycles. The highest BCUT2D eigenvalue weighted by Gasteiger charge is 2.18. The van der Waals surface area contributed by atoms with Crippen LogP contribution in [0.5, 0.6) is 0 Å². The Morgan fingerprint density at radius 3 is 2.45 bits per heavy atom. The van der Waals surface area contributed by atoms with E-state index in [1.807, 2.05) is 37.3 Å². The highest BCUT2D eigenvalue weighted by Crippen LogP contribution is 2.19. The van der Waals surface area contributed by atoms with Gasteiger partial charge in [0.25, 0.3) is 0 Å². The molecule has 1 atom stereocenters. The molecule has 0 saturated heterocycles. The van der Waals surface area contributed by atoms with Gasteiger partial charge in [0, 0.05) is 12.0 Å². The molecule has 0 bridgehead atoms. The zero-order chi connectivity index (χ0) is 14.7. The molecule has 0 spiro atoms. The third-order valence-corrected chi connectivity index (χ3v) is 3.41. The van der Waals surface area contributed by atoms with Gasteiger partial charge >= 0.3 is 5.97 Å². The minimum absolute atomic E-state index is 0.0367. The Morgan fingerprint density at radius 2 is 1.75 bits per heavy atom. The molecule has 20 heavy (non-hydrogen) atoms. The number of aryl methyl sites for hydroxylation is 1. The van der Waals surface area contributed by atoms with Gasteiger partial charge < -0.3 is 4.74 Å². The van der Waals surface area contributed by atoms with Crippen molar-refractivity contribution in [3.05, 3.63) is 47.5 Å². The third-order valence-electron chi connectivity index (χ3n) is 3.41. The van der Waals surface area contributed by atoms with E-state index in [-0.39, 0.29) is 18.2 Å². The average Bonchev–Trinajstić information content (AvgIpc) is 2.45. The van der Waals surface area contributed by atoms with Gasteiger partial charge in [-0.15, -0.1) is 0 Å². The maximum atomic E-state index is 12.2. The monoisotopic (exact) mass is 270 g/mol. The molecule has 2 aromatic carbocycles. The molecule has 104 valence electrons. The lowest BCUT2D eigenvalue weighted by Gasteiger charge is -2.09. The van der Waals surface area contributed by atoms with Crippen molar-refractivity contribution in [2.45, 2.75) is 20.3 Å². The number of Topliss-reactive ketones (excluding diaryl/α,β-unsaturated/α-hetero) is 1. The Morgan fingerprint density at radius 1 is 1.10 bits per heavy atom. The molecule has 0 fully saturated rings. The summed E-state index contributed by atoms with van der Waals surface area (Å²) in [5.41, 5.74) is 1.83. The maximum absolute atomic E-state index is 12.2. The van der Waals surface area contributed by atoms with E-state index in [0.717, 1.165) is 10.8 Å². The predicted octanol–water partition coefficient (Wildman–Crippen LogP) is 3.53. The zero-order valence-corrected chi connectivity index (χ0v) is 12.0. The van der Waals surface area contributed by atoms with Gasteiger partial charge in [-0.1, -0.05) is 42.8 Å². The van der Waals surface area contributed by atoms with Crippen LogP contribution in [0.3, 0.4) is 0 Å². The van der Waals surface area contributed by atoms with Crippen molar-refractivity contribution >= 4 is 22.5 Å². The quantitative estimate of drug-likeness (QED) is 0.630. The summed E-state index contributed by atoms with van der Waals surface area (Å²) in [4.78, 5) is 23.5. The van der Waals surface area contributed by atoms with Gasteiger partial charge in [0.2, 0.25) is 0 Å². The Labute approximate surface area is 118 Å². The number of carbonyl (C=O) groups is 2. The second-order valence-corrected chi connectivity index (χ2v) is 5.12. The predicted molar refractivity (Wildman–Crippen MR) is 78.8 cm³/mol. The van der Waals surface area contributed by atoms with Crippen molar-refractivity contribution in [3.8, 4) is 0 Å². The highest BCUT2D eigenvalue weighted by atomic mass is 16.5. The number of esters is 1. The third kappa shape index (κ3) is 3.05. The number of hydrogen-bond donors (Lipinski definition) is 0. The summed E-state index contributed by atoms with van der Waals surface area (Å²) in [7, 11) is 1.33. The summed E-state index contributed by atoms with van der Waals surface area (Å²) in [6, 6.07) is 11.7. The Hall–Kier alpha value is -2.16. The molecule has 2 rings (SSSR count). The Balaban J connectivity index is 2.22. The standard InChI is InChI=1S/C17H18O3/c1-11-4-5-14-10-15(7-6-13(14)8-11)16(18)9-12(2)17(19)20-3/h4-8,10,12H,9H2,1-3H3. The fourth-order valence-electron chi connectivity index (χ4n) is 2.22. The number of ether oxygens (including phenoxy) is 1. The summed E-state index contributed by atoms with van der Waals surface area (Å²) in [6.45, 7) is 3.74. The maximum Gasteiger partial charge on any atom is 0.308 e. The highest BCUT2D eigenvalue weighted by molar-refractivity contribution is 6.01. The van der Waals surface area contributed by atoms with Gasteiger partial charge in [-0.3, -0.25) is 9.59 Å². The number of fused-ring (bicyclic) bond motifs is 1. The van der Waals surface area contributed by atoms with E-state index in [2.05, 4.69) is 10.8 Å². The molecule has 0 heterocycles. The molecule has 0 amide bonds. The molecule has 0 aliphatic carbocycles. The number of hydrogen-bond acceptors (Lipinski definition) is 3. The summed E-state index contributed by atoms with van der Waals surface area (Å²) >= 11 is 0. The van der Waals surface area contributed by atoms with E-state index in [1.165, 1.54) is 12.7 Å². The van der Waals surface area contributed by atoms with E-state index >= 15 is 0 Å². The minimum Gasteiger partial charge on any atom is -0.469 e. The molecule has 0 saturated carbocycles. The van der Waals surface area contributed by atoms with E-state index < -0.39 is 5.92 Å². The van der Waals surface area contributed by atoms with Crippen molar-refractivity contribution in [2.24, 2.45) is 5.92 Å². The molecule has 3 heteroatoms. The van der Waals surface area contributed by atoms with E-state index in [9.17, 15) is 9.59 Å². The topological polar surface area (TPSA) is 43.4 Å². The van der Waals surface area contributed by atoms with E-state index in [1.54, 1.807) is 6.92 Å². The van der Waals surface area contributed by atoms with Crippen molar-refractivity contribution < 1.29 is 14.3 Å². The SMILES string of the molecule is COC(=O)C(C)CC(=O)c1ccc2cc(C)ccc2c1. The van der Waals surface area contributed by atoms with Crippen LogP contribution in [0.1, 0.15) is 29.3 Å². The second kappa shape index (κ2) is 5.87. The fourth-order valence-corrected chi connectivity index (χ4v) is 2.22. The first kappa shape index (κ1) is 14.3. The zero-order valence-electron chi connectivity index (χ0n) is 12.0. The molecular formula is C17H18O3. The molecule has 3 nitrogen and oxygen atoms in total. The first-order valence-electron chi connectivity index (χ1n) is 6.62. The van der Waals surface area contributed by atoms with Gasteiger partial charge in [0.05, 0.1) is 13.0 Å². The normalized spacial score (nSPS) is 12.2. The first-order valence-corrected chi connectivity index (χ1v) is 6.62. The number of benzene rings is 2. The van der Waals surface area contributed by atoms with Crippen LogP contribution in [0, 0.1) is 12.8 Å². The van der Waals surface area contributed by atoms with Gasteiger partial charge in [-0.25, -0.2) is 0 Å². The van der Waals surface area contributed by atoms with Crippen LogP contribution >= 0.6 is 0 Å². The first-order chi connectivity index (χ1) is 9.51. The lowest BCUT2D eigenvalue weighted by atomic mass is 9.97. The molecule has 0 radical (unpaired) electrons. The smallest absolute Gasteiger partial charge is 0.308 e. The van der Waals surface area contributed by atoms with Gasteiger partial charge in [0.1, 0.15) is 0 Å². The van der Waals surface area contributed by atoms with Crippen LogP contribution in [-0.2, 0) is 9.53 Å². The summed E-state index contributed by atoms with van der Waals surface area (Å²) in [6.07, 6.45) is 0.171. The number of methoxy groups -OCH3 is 1. The largest absolute Gasteiger partial charge is 0.469 e. The Bertz CT molecular complexity index is 658. The second-order valence-electron chi connectivity index (χ2n) is 5.12. The van der Waals surface area contributed by atoms with E-state index in [4.69, 9.17) is 0 Å². The molecule has 0 N–H and O–H groups in total. The van der Waals surface area contributed by atoms with Gasteiger partial charge in [0.15, 0.2) is 5.78 Å². The molecule has 1 unspecified atom stereocenters. The van der Waals surface area contributed by atoms with Gasteiger partial charge in [-0.05, 0) is 23.8 Å². The molecule has 0 aliphatic rings. The number of carbonyl (C=O) groups excluding carboxylic acids is 2. The lowest BCUT2D eigenvalue weighted by molar-refractivity contribution is -0.144. The van der Waals surface area contributed by atoms with Crippen molar-refractivity contribution in [1.29, 1.82) is 0 Å². The van der Waals surface area contributed by atoms with Crippen molar-refractivity contribution in [2.75, 3.05) is 7.11 Å². The van der Waals surface area contributed by atoms with Crippen LogP contribution < -0.4 is 0 Å². The number of ketones is 1. The Kier molecular flexibility index (Phi) is 4.18. The van der Waals surface area contributed by atoms with Crippen LogP contribution in [-0.4, -0.2) is 18.9 Å².